The summed E-state index contributed by atoms with van der Waals surface area (Å²) < 4.78 is 1.93. The van der Waals surface area contributed by atoms with E-state index in [-0.39, 0.29) is 5.91 Å². The third kappa shape index (κ3) is 5.37. The van der Waals surface area contributed by atoms with Crippen LogP contribution in [0.5, 0.6) is 0 Å². The highest BCUT2D eigenvalue weighted by atomic mass is 16.1. The second-order valence-electron chi connectivity index (χ2n) is 6.35. The Labute approximate surface area is 158 Å². The minimum atomic E-state index is 0.0118. The topological polar surface area (TPSA) is 84.7 Å². The van der Waals surface area contributed by atoms with Crippen molar-refractivity contribution in [2.24, 2.45) is 0 Å². The van der Waals surface area contributed by atoms with Crippen LogP contribution in [0.1, 0.15) is 23.4 Å². The minimum absolute atomic E-state index is 0.0118. The Morgan fingerprint density at radius 3 is 2.48 bits per heavy atom. The molecule has 7 nitrogen and oxygen atoms in total. The summed E-state index contributed by atoms with van der Waals surface area (Å²) in [5.74, 6) is 0.547. The van der Waals surface area contributed by atoms with Gasteiger partial charge >= 0.3 is 0 Å². The molecule has 27 heavy (non-hydrogen) atoms. The van der Waals surface area contributed by atoms with Gasteiger partial charge < -0.3 is 10.6 Å². The van der Waals surface area contributed by atoms with Crippen molar-refractivity contribution in [2.75, 3.05) is 18.4 Å². The molecule has 0 spiro atoms. The van der Waals surface area contributed by atoms with Crippen LogP contribution in [-0.2, 0) is 11.2 Å². The first-order chi connectivity index (χ1) is 13.1. The molecule has 2 heterocycles. The van der Waals surface area contributed by atoms with Crippen LogP contribution in [0.25, 0.3) is 5.69 Å². The lowest BCUT2D eigenvalue weighted by Crippen LogP contribution is -2.27. The van der Waals surface area contributed by atoms with Crippen molar-refractivity contribution in [3.05, 3.63) is 65.7 Å². The number of aryl methyl sites for hydroxylation is 2. The maximum absolute atomic E-state index is 11.9. The molecule has 140 valence electrons. The average molecular weight is 364 g/mol. The Morgan fingerprint density at radius 2 is 1.81 bits per heavy atom. The zero-order chi connectivity index (χ0) is 19.1. The number of anilines is 1. The molecule has 0 saturated carbocycles. The van der Waals surface area contributed by atoms with E-state index < -0.39 is 0 Å². The summed E-state index contributed by atoms with van der Waals surface area (Å²) >= 11 is 0. The zero-order valence-corrected chi connectivity index (χ0v) is 15.6. The number of aromatic nitrogens is 4. The Kier molecular flexibility index (Phi) is 6.14. The van der Waals surface area contributed by atoms with Crippen molar-refractivity contribution in [3.8, 4) is 5.69 Å². The van der Waals surface area contributed by atoms with Crippen LogP contribution in [0.15, 0.2) is 48.8 Å². The van der Waals surface area contributed by atoms with E-state index in [4.69, 9.17) is 0 Å². The number of hydrogen-bond donors (Lipinski definition) is 2. The molecular weight excluding hydrogens is 340 g/mol. The molecule has 3 aromatic rings. The number of hydrogen-bond acceptors (Lipinski definition) is 5. The molecule has 0 saturated heterocycles. The molecule has 0 aliphatic rings. The SMILES string of the molecule is Cc1cc(C)n(-c2ccc(CCNC(=O)CCNc3ncccn3)cc2)n1. The average Bonchev–Trinajstić information content (AvgIpc) is 3.01. The van der Waals surface area contributed by atoms with Crippen LogP contribution >= 0.6 is 0 Å². The molecule has 2 N–H and O–H groups in total. The number of nitrogens with one attached hydrogen (secondary N) is 2. The fourth-order valence-electron chi connectivity index (χ4n) is 2.81. The molecule has 2 aromatic heterocycles. The molecule has 7 heteroatoms. The van der Waals surface area contributed by atoms with E-state index in [1.807, 2.05) is 18.5 Å². The van der Waals surface area contributed by atoms with Crippen molar-refractivity contribution in [2.45, 2.75) is 26.7 Å². The lowest BCUT2D eigenvalue weighted by molar-refractivity contribution is -0.120. The molecular formula is C20H24N6O. The van der Waals surface area contributed by atoms with Crippen molar-refractivity contribution in [1.82, 2.24) is 25.1 Å². The highest BCUT2D eigenvalue weighted by Gasteiger charge is 2.05. The first-order valence-corrected chi connectivity index (χ1v) is 9.02. The number of amides is 1. The van der Waals surface area contributed by atoms with Gasteiger partial charge in [-0.3, -0.25) is 4.79 Å². The van der Waals surface area contributed by atoms with Crippen LogP contribution in [0.4, 0.5) is 5.95 Å². The monoisotopic (exact) mass is 364 g/mol. The van der Waals surface area contributed by atoms with Crippen LogP contribution in [0.2, 0.25) is 0 Å². The first kappa shape index (κ1) is 18.6. The fourth-order valence-corrected chi connectivity index (χ4v) is 2.81. The van der Waals surface area contributed by atoms with E-state index in [0.29, 0.717) is 25.5 Å². The van der Waals surface area contributed by atoms with Gasteiger partial charge in [0.15, 0.2) is 0 Å². The van der Waals surface area contributed by atoms with E-state index in [9.17, 15) is 4.79 Å². The zero-order valence-electron chi connectivity index (χ0n) is 15.6. The number of carbonyl (C=O) groups is 1. The number of rotatable bonds is 8. The van der Waals surface area contributed by atoms with Crippen LogP contribution in [0, 0.1) is 13.8 Å². The molecule has 0 aliphatic carbocycles. The summed E-state index contributed by atoms with van der Waals surface area (Å²) in [6, 6.07) is 12.1. The van der Waals surface area contributed by atoms with Crippen molar-refractivity contribution in [3.63, 3.8) is 0 Å². The van der Waals surface area contributed by atoms with E-state index in [2.05, 4.69) is 56.0 Å². The summed E-state index contributed by atoms with van der Waals surface area (Å²) in [5, 5.41) is 10.4. The van der Waals surface area contributed by atoms with Gasteiger partial charge in [0.25, 0.3) is 0 Å². The second-order valence-corrected chi connectivity index (χ2v) is 6.35. The Morgan fingerprint density at radius 1 is 1.07 bits per heavy atom. The highest BCUT2D eigenvalue weighted by Crippen LogP contribution is 2.13. The van der Waals surface area contributed by atoms with Gasteiger partial charge in [-0.05, 0) is 50.1 Å². The quantitative estimate of drug-likeness (QED) is 0.641. The fraction of sp³-hybridized carbons (Fsp3) is 0.300. The third-order valence-electron chi connectivity index (χ3n) is 4.13. The Bertz CT molecular complexity index is 873. The van der Waals surface area contributed by atoms with Gasteiger partial charge in [-0.2, -0.15) is 5.10 Å². The predicted octanol–water partition coefficient (Wildman–Crippen LogP) is 2.44. The second kappa shape index (κ2) is 8.93. The number of carbonyl (C=O) groups excluding carboxylic acids is 1. The van der Waals surface area contributed by atoms with Gasteiger partial charge in [0.2, 0.25) is 11.9 Å². The standard InChI is InChI=1S/C20H24N6O/c1-15-14-16(2)26(25-15)18-6-4-17(5-7-18)8-12-21-19(27)9-13-24-20-22-10-3-11-23-20/h3-7,10-11,14H,8-9,12-13H2,1-2H3,(H,21,27)(H,22,23,24). The van der Waals surface area contributed by atoms with Crippen LogP contribution < -0.4 is 10.6 Å². The lowest BCUT2D eigenvalue weighted by atomic mass is 10.1. The number of benzene rings is 1. The lowest BCUT2D eigenvalue weighted by Gasteiger charge is -2.08. The maximum Gasteiger partial charge on any atom is 0.222 e. The van der Waals surface area contributed by atoms with E-state index in [1.54, 1.807) is 18.5 Å². The summed E-state index contributed by atoms with van der Waals surface area (Å²) in [4.78, 5) is 20.0. The molecule has 0 bridgehead atoms. The maximum atomic E-state index is 11.9. The summed E-state index contributed by atoms with van der Waals surface area (Å²) in [6.07, 6.45) is 4.50. The van der Waals surface area contributed by atoms with Gasteiger partial charge in [-0.1, -0.05) is 12.1 Å². The van der Waals surface area contributed by atoms with Crippen LogP contribution in [0.3, 0.4) is 0 Å². The minimum Gasteiger partial charge on any atom is -0.356 e. The molecule has 3 rings (SSSR count). The van der Waals surface area contributed by atoms with Crippen molar-refractivity contribution < 1.29 is 4.79 Å². The first-order valence-electron chi connectivity index (χ1n) is 9.02. The molecule has 0 fully saturated rings. The Hall–Kier alpha value is -3.22. The smallest absolute Gasteiger partial charge is 0.222 e. The molecule has 0 unspecified atom stereocenters. The molecule has 1 aromatic carbocycles. The summed E-state index contributed by atoms with van der Waals surface area (Å²) in [5.41, 5.74) is 4.34. The Balaban J connectivity index is 1.40. The van der Waals surface area contributed by atoms with Gasteiger partial charge in [0, 0.05) is 37.6 Å². The molecule has 0 radical (unpaired) electrons. The molecule has 1 amide bonds. The predicted molar refractivity (Wildman–Crippen MR) is 105 cm³/mol. The summed E-state index contributed by atoms with van der Waals surface area (Å²) in [7, 11) is 0. The third-order valence-corrected chi connectivity index (χ3v) is 4.13. The summed E-state index contributed by atoms with van der Waals surface area (Å²) in [6.45, 7) is 5.15. The van der Waals surface area contributed by atoms with Crippen molar-refractivity contribution >= 4 is 11.9 Å². The van der Waals surface area contributed by atoms with Gasteiger partial charge in [0.1, 0.15) is 0 Å². The van der Waals surface area contributed by atoms with E-state index in [1.165, 1.54) is 5.56 Å². The molecule has 0 atom stereocenters. The van der Waals surface area contributed by atoms with E-state index in [0.717, 1.165) is 23.5 Å². The largest absolute Gasteiger partial charge is 0.356 e. The van der Waals surface area contributed by atoms with Gasteiger partial charge in [-0.15, -0.1) is 0 Å². The normalized spacial score (nSPS) is 10.6. The van der Waals surface area contributed by atoms with Gasteiger partial charge in [-0.25, -0.2) is 14.6 Å². The van der Waals surface area contributed by atoms with E-state index >= 15 is 0 Å². The number of nitrogens with zero attached hydrogens (tertiary/aromatic N) is 4. The van der Waals surface area contributed by atoms with Crippen molar-refractivity contribution in [1.29, 1.82) is 0 Å². The highest BCUT2D eigenvalue weighted by molar-refractivity contribution is 5.76. The van der Waals surface area contributed by atoms with Gasteiger partial charge in [0.05, 0.1) is 11.4 Å². The van der Waals surface area contributed by atoms with Crippen LogP contribution in [-0.4, -0.2) is 38.7 Å². The molecule has 0 aliphatic heterocycles.